The fourth-order valence-corrected chi connectivity index (χ4v) is 4.78. The Kier molecular flexibility index (Phi) is 14.0. The normalized spacial score (nSPS) is 19.9. The maximum atomic E-state index is 12.1. The SMILES string of the molecule is C1CC1.CC.O=C(OC1CC1)N1CCN(CCO)CC1.O=S(=O)(c1ccc(Cl)cc1)N1CCOCC1. The molecule has 1 amide bonds. The molecule has 206 valence electrons. The van der Waals surface area contributed by atoms with Crippen molar-refractivity contribution in [2.24, 2.45) is 0 Å². The largest absolute Gasteiger partial charge is 0.446 e. The van der Waals surface area contributed by atoms with Crippen LogP contribution in [-0.4, -0.2) is 105 Å². The van der Waals surface area contributed by atoms with Crippen LogP contribution in [0.2, 0.25) is 5.02 Å². The first-order valence-corrected chi connectivity index (χ1v) is 14.8. The van der Waals surface area contributed by atoms with E-state index in [2.05, 4.69) is 4.90 Å². The number of hydrogen-bond acceptors (Lipinski definition) is 7. The van der Waals surface area contributed by atoms with Gasteiger partial charge >= 0.3 is 6.09 Å². The molecular weight excluding hydrogens is 506 g/mol. The van der Waals surface area contributed by atoms with E-state index in [0.29, 0.717) is 51.0 Å². The number of carbonyl (C=O) groups is 1. The zero-order valence-corrected chi connectivity index (χ0v) is 23.2. The molecule has 2 aliphatic heterocycles. The third-order valence-electron chi connectivity index (χ3n) is 5.61. The summed E-state index contributed by atoms with van der Waals surface area (Å²) in [5.41, 5.74) is 0. The van der Waals surface area contributed by atoms with Gasteiger partial charge in [0.05, 0.1) is 24.7 Å². The van der Waals surface area contributed by atoms with Crippen molar-refractivity contribution in [2.75, 3.05) is 65.6 Å². The second kappa shape index (κ2) is 16.4. The first-order chi connectivity index (χ1) is 17.4. The van der Waals surface area contributed by atoms with Gasteiger partial charge in [0.25, 0.3) is 0 Å². The summed E-state index contributed by atoms with van der Waals surface area (Å²) < 4.78 is 36.0. The summed E-state index contributed by atoms with van der Waals surface area (Å²) >= 11 is 5.72. The Balaban J connectivity index is 0.000000214. The fourth-order valence-electron chi connectivity index (χ4n) is 3.24. The number of β-amino-alcohol motifs (C(OH)–C–C–N with tert-alkyl or cyclic N) is 1. The van der Waals surface area contributed by atoms with E-state index in [0.717, 1.165) is 25.9 Å². The lowest BCUT2D eigenvalue weighted by molar-refractivity contribution is 0.0672. The number of sulfonamides is 1. The van der Waals surface area contributed by atoms with Crippen LogP contribution < -0.4 is 0 Å². The van der Waals surface area contributed by atoms with Crippen LogP contribution >= 0.6 is 11.6 Å². The molecule has 9 nitrogen and oxygen atoms in total. The van der Waals surface area contributed by atoms with Crippen molar-refractivity contribution in [3.05, 3.63) is 29.3 Å². The molecule has 0 aromatic heterocycles. The number of aliphatic hydroxyl groups excluding tert-OH is 1. The van der Waals surface area contributed by atoms with Crippen LogP contribution in [-0.2, 0) is 19.5 Å². The minimum Gasteiger partial charge on any atom is -0.446 e. The molecule has 0 bridgehead atoms. The van der Waals surface area contributed by atoms with E-state index >= 15 is 0 Å². The van der Waals surface area contributed by atoms with E-state index in [1.165, 1.54) is 35.7 Å². The number of ether oxygens (including phenoxy) is 2. The summed E-state index contributed by atoms with van der Waals surface area (Å²) in [7, 11) is -3.38. The summed E-state index contributed by atoms with van der Waals surface area (Å²) in [5, 5.41) is 9.30. The molecule has 4 aliphatic rings. The Morgan fingerprint density at radius 1 is 1.00 bits per heavy atom. The van der Waals surface area contributed by atoms with Crippen molar-refractivity contribution < 1.29 is 27.8 Å². The second-order valence-corrected chi connectivity index (χ2v) is 11.0. The van der Waals surface area contributed by atoms with Crippen molar-refractivity contribution in [1.82, 2.24) is 14.1 Å². The molecule has 2 aliphatic carbocycles. The van der Waals surface area contributed by atoms with Gasteiger partial charge in [0.15, 0.2) is 0 Å². The molecular formula is C25H42ClN3O6S. The number of rotatable bonds is 5. The first-order valence-electron chi connectivity index (χ1n) is 13.0. The van der Waals surface area contributed by atoms with Gasteiger partial charge < -0.3 is 19.5 Å². The zero-order chi connectivity index (χ0) is 26.4. The topological polar surface area (TPSA) is 99.6 Å². The van der Waals surface area contributed by atoms with Crippen LogP contribution in [0, 0.1) is 0 Å². The highest BCUT2D eigenvalue weighted by molar-refractivity contribution is 7.89. The van der Waals surface area contributed by atoms with Crippen LogP contribution in [0.25, 0.3) is 0 Å². The maximum absolute atomic E-state index is 12.1. The number of nitrogens with zero attached hydrogens (tertiary/aromatic N) is 3. The summed E-state index contributed by atoms with van der Waals surface area (Å²) in [6, 6.07) is 6.20. The van der Waals surface area contributed by atoms with Gasteiger partial charge in [-0.15, -0.1) is 0 Å². The van der Waals surface area contributed by atoms with Gasteiger partial charge in [-0.1, -0.05) is 44.7 Å². The summed E-state index contributed by atoms with van der Waals surface area (Å²) in [4.78, 5) is 15.7. The standard InChI is InChI=1S/C10H12ClNO3S.C10H18N2O3.C3H6.C2H6/c11-9-1-3-10(4-2-9)16(13,14)12-5-7-15-8-6-12;13-8-7-11-3-5-12(6-4-11)10(14)15-9-1-2-9;1-2-3-1;1-2/h1-4H,5-8H2;9,13H,1-8H2;1-3H2;1-2H3. The molecule has 5 rings (SSSR count). The molecule has 1 N–H and O–H groups in total. The molecule has 1 aromatic rings. The number of aliphatic hydroxyl groups is 1. The molecule has 4 fully saturated rings. The van der Waals surface area contributed by atoms with Crippen molar-refractivity contribution in [3.63, 3.8) is 0 Å². The van der Waals surface area contributed by atoms with Gasteiger partial charge in [-0.3, -0.25) is 4.90 Å². The van der Waals surface area contributed by atoms with Crippen molar-refractivity contribution in [3.8, 4) is 0 Å². The van der Waals surface area contributed by atoms with Crippen LogP contribution in [0.4, 0.5) is 4.79 Å². The lowest BCUT2D eigenvalue weighted by atomic mass is 10.3. The Bertz CT molecular complexity index is 848. The monoisotopic (exact) mass is 547 g/mol. The molecule has 0 spiro atoms. The minimum absolute atomic E-state index is 0.166. The lowest BCUT2D eigenvalue weighted by Gasteiger charge is -2.33. The molecule has 11 heteroatoms. The highest BCUT2D eigenvalue weighted by Gasteiger charge is 2.30. The average Bonchev–Trinajstić information content (AvgIpc) is 3.82. The third-order valence-corrected chi connectivity index (χ3v) is 7.78. The van der Waals surface area contributed by atoms with E-state index in [4.69, 9.17) is 26.2 Å². The summed E-state index contributed by atoms with van der Waals surface area (Å²) in [6.07, 6.45) is 6.57. The Labute approximate surface area is 221 Å². The quantitative estimate of drug-likeness (QED) is 0.602. The number of piperazine rings is 1. The molecule has 2 heterocycles. The van der Waals surface area contributed by atoms with Gasteiger partial charge in [0.1, 0.15) is 6.10 Å². The Hall–Kier alpha value is -1.43. The molecule has 0 atom stereocenters. The van der Waals surface area contributed by atoms with Crippen molar-refractivity contribution >= 4 is 27.7 Å². The van der Waals surface area contributed by atoms with Gasteiger partial charge in [0, 0.05) is 50.8 Å². The predicted molar refractivity (Wildman–Crippen MR) is 141 cm³/mol. The van der Waals surface area contributed by atoms with E-state index < -0.39 is 10.0 Å². The Morgan fingerprint density at radius 2 is 1.56 bits per heavy atom. The molecule has 2 saturated heterocycles. The van der Waals surface area contributed by atoms with E-state index in [1.807, 2.05) is 13.8 Å². The second-order valence-electron chi connectivity index (χ2n) is 8.67. The number of benzene rings is 1. The van der Waals surface area contributed by atoms with Crippen LogP contribution in [0.15, 0.2) is 29.2 Å². The minimum atomic E-state index is -3.38. The van der Waals surface area contributed by atoms with Crippen LogP contribution in [0.3, 0.4) is 0 Å². The third kappa shape index (κ3) is 11.3. The number of carbonyl (C=O) groups excluding carboxylic acids is 1. The molecule has 0 radical (unpaired) electrons. The van der Waals surface area contributed by atoms with Crippen LogP contribution in [0.1, 0.15) is 46.0 Å². The summed E-state index contributed by atoms with van der Waals surface area (Å²) in [6.45, 7) is 9.70. The van der Waals surface area contributed by atoms with Gasteiger partial charge in [-0.05, 0) is 37.1 Å². The van der Waals surface area contributed by atoms with Crippen LogP contribution in [0.5, 0.6) is 0 Å². The van der Waals surface area contributed by atoms with Gasteiger partial charge in [-0.25, -0.2) is 13.2 Å². The number of amides is 1. The average molecular weight is 548 g/mol. The smallest absolute Gasteiger partial charge is 0.410 e. The molecule has 0 unspecified atom stereocenters. The predicted octanol–water partition coefficient (Wildman–Crippen LogP) is 3.45. The van der Waals surface area contributed by atoms with E-state index in [9.17, 15) is 13.2 Å². The summed E-state index contributed by atoms with van der Waals surface area (Å²) in [5.74, 6) is 0. The fraction of sp³-hybridized carbons (Fsp3) is 0.720. The number of hydrogen-bond donors (Lipinski definition) is 1. The Morgan fingerprint density at radius 3 is 2.03 bits per heavy atom. The number of morpholine rings is 1. The highest BCUT2D eigenvalue weighted by Crippen LogP contribution is 2.24. The van der Waals surface area contributed by atoms with Gasteiger partial charge in [-0.2, -0.15) is 4.31 Å². The highest BCUT2D eigenvalue weighted by atomic mass is 35.5. The first kappa shape index (κ1) is 30.8. The van der Waals surface area contributed by atoms with Gasteiger partial charge in [0.2, 0.25) is 10.0 Å². The molecule has 2 saturated carbocycles. The van der Waals surface area contributed by atoms with Crippen molar-refractivity contribution in [2.45, 2.75) is 57.0 Å². The van der Waals surface area contributed by atoms with E-state index in [-0.39, 0.29) is 23.7 Å². The van der Waals surface area contributed by atoms with E-state index in [1.54, 1.807) is 17.0 Å². The zero-order valence-electron chi connectivity index (χ0n) is 21.6. The lowest BCUT2D eigenvalue weighted by Crippen LogP contribution is -2.49. The maximum Gasteiger partial charge on any atom is 0.410 e. The van der Waals surface area contributed by atoms with Crippen molar-refractivity contribution in [1.29, 1.82) is 0 Å². The number of halogens is 1. The molecule has 36 heavy (non-hydrogen) atoms. The molecule has 1 aromatic carbocycles.